The maximum absolute atomic E-state index is 2.22. The van der Waals surface area contributed by atoms with Gasteiger partial charge in [-0.05, 0) is 31.8 Å². The van der Waals surface area contributed by atoms with Gasteiger partial charge >= 0.3 is 0 Å². The molecule has 1 aromatic rings. The van der Waals surface area contributed by atoms with Crippen molar-refractivity contribution in [3.8, 4) is 0 Å². The summed E-state index contributed by atoms with van der Waals surface area (Å²) < 4.78 is 0. The van der Waals surface area contributed by atoms with Gasteiger partial charge in [-0.2, -0.15) is 0 Å². The Morgan fingerprint density at radius 2 is 1.77 bits per heavy atom. The molecule has 0 saturated heterocycles. The van der Waals surface area contributed by atoms with Crippen LogP contribution in [0.2, 0.25) is 0 Å². The Kier molecular flexibility index (Phi) is 3.32. The first-order valence-electron chi connectivity index (χ1n) is 4.50. The van der Waals surface area contributed by atoms with E-state index in [9.17, 15) is 0 Å². The first-order valence-corrected chi connectivity index (χ1v) is 4.50. The molecule has 13 heavy (non-hydrogen) atoms. The van der Waals surface area contributed by atoms with Gasteiger partial charge in [0.05, 0.1) is 0 Å². The van der Waals surface area contributed by atoms with Crippen molar-refractivity contribution in [2.24, 2.45) is 0 Å². The zero-order valence-electron chi connectivity index (χ0n) is 8.91. The van der Waals surface area contributed by atoms with Gasteiger partial charge in [0, 0.05) is 26.3 Å². The van der Waals surface area contributed by atoms with Crippen molar-refractivity contribution in [3.63, 3.8) is 0 Å². The Balaban J connectivity index is 2.79. The van der Waals surface area contributed by atoms with Gasteiger partial charge in [0.25, 0.3) is 0 Å². The molecule has 2 heteroatoms. The van der Waals surface area contributed by atoms with Crippen molar-refractivity contribution in [1.29, 1.82) is 0 Å². The summed E-state index contributed by atoms with van der Waals surface area (Å²) in [7, 11) is 8.30. The van der Waals surface area contributed by atoms with E-state index in [1.54, 1.807) is 0 Å². The molecular weight excluding hydrogens is 160 g/mol. The van der Waals surface area contributed by atoms with Crippen molar-refractivity contribution in [1.82, 2.24) is 4.90 Å². The highest BCUT2D eigenvalue weighted by Gasteiger charge is 1.98. The Hall–Kier alpha value is -1.02. The van der Waals surface area contributed by atoms with Crippen LogP contribution >= 0.6 is 0 Å². The second-order valence-corrected chi connectivity index (χ2v) is 3.80. The molecule has 72 valence electrons. The second-order valence-electron chi connectivity index (χ2n) is 3.80. The number of anilines is 1. The molecule has 0 amide bonds. The molecule has 0 saturated carbocycles. The molecule has 0 fully saturated rings. The van der Waals surface area contributed by atoms with Gasteiger partial charge in [-0.3, -0.25) is 0 Å². The summed E-state index contributed by atoms with van der Waals surface area (Å²) in [5, 5.41) is 0. The van der Waals surface area contributed by atoms with Crippen molar-refractivity contribution in [2.45, 2.75) is 6.54 Å². The average Bonchev–Trinajstić information content (AvgIpc) is 2.03. The first kappa shape index (κ1) is 10.1. The third-order valence-corrected chi connectivity index (χ3v) is 1.93. The second kappa shape index (κ2) is 4.28. The molecule has 0 aromatic heterocycles. The summed E-state index contributed by atoms with van der Waals surface area (Å²) in [5.41, 5.74) is 2.62. The van der Waals surface area contributed by atoms with Crippen LogP contribution in [0, 0.1) is 0 Å². The van der Waals surface area contributed by atoms with E-state index >= 15 is 0 Å². The molecule has 0 aliphatic rings. The van der Waals surface area contributed by atoms with Crippen molar-refractivity contribution < 1.29 is 0 Å². The summed E-state index contributed by atoms with van der Waals surface area (Å²) in [6.45, 7) is 1.00. The summed E-state index contributed by atoms with van der Waals surface area (Å²) in [6.07, 6.45) is 0. The van der Waals surface area contributed by atoms with Crippen LogP contribution in [-0.2, 0) is 6.54 Å². The minimum atomic E-state index is 1.00. The maximum atomic E-state index is 2.22. The summed E-state index contributed by atoms with van der Waals surface area (Å²) in [5.74, 6) is 0. The van der Waals surface area contributed by atoms with E-state index in [0.29, 0.717) is 0 Å². The monoisotopic (exact) mass is 178 g/mol. The van der Waals surface area contributed by atoms with E-state index in [-0.39, 0.29) is 0 Å². The molecular formula is C11H18N2. The van der Waals surface area contributed by atoms with Crippen LogP contribution in [0.4, 0.5) is 5.69 Å². The third-order valence-electron chi connectivity index (χ3n) is 1.93. The Labute approximate surface area is 80.8 Å². The van der Waals surface area contributed by atoms with E-state index in [1.807, 2.05) is 0 Å². The van der Waals surface area contributed by atoms with Crippen LogP contribution < -0.4 is 4.90 Å². The van der Waals surface area contributed by atoms with Crippen LogP contribution in [0.1, 0.15) is 5.56 Å². The van der Waals surface area contributed by atoms with Gasteiger partial charge in [0.15, 0.2) is 0 Å². The fourth-order valence-electron chi connectivity index (χ4n) is 1.30. The lowest BCUT2D eigenvalue weighted by Gasteiger charge is -2.15. The normalized spacial score (nSPS) is 10.5. The summed E-state index contributed by atoms with van der Waals surface area (Å²) in [6, 6.07) is 8.61. The number of benzene rings is 1. The lowest BCUT2D eigenvalue weighted by Crippen LogP contribution is -2.12. The first-order chi connectivity index (χ1) is 6.09. The van der Waals surface area contributed by atoms with Crippen molar-refractivity contribution >= 4 is 5.69 Å². The summed E-state index contributed by atoms with van der Waals surface area (Å²) >= 11 is 0. The van der Waals surface area contributed by atoms with Gasteiger partial charge in [-0.1, -0.05) is 12.1 Å². The van der Waals surface area contributed by atoms with Gasteiger partial charge in [-0.15, -0.1) is 0 Å². The zero-order chi connectivity index (χ0) is 9.84. The van der Waals surface area contributed by atoms with Crippen LogP contribution in [-0.4, -0.2) is 33.1 Å². The minimum Gasteiger partial charge on any atom is -0.378 e. The van der Waals surface area contributed by atoms with Gasteiger partial charge < -0.3 is 9.80 Å². The molecule has 0 aliphatic heterocycles. The lowest BCUT2D eigenvalue weighted by atomic mass is 10.2. The standard InChI is InChI=1S/C11H18N2/c1-12(2)9-10-6-5-7-11(8-10)13(3)4/h5-8H,9H2,1-4H3. The summed E-state index contributed by atoms with van der Waals surface area (Å²) in [4.78, 5) is 4.30. The van der Waals surface area contributed by atoms with Gasteiger partial charge in [-0.25, -0.2) is 0 Å². The molecule has 0 bridgehead atoms. The molecule has 0 unspecified atom stereocenters. The smallest absolute Gasteiger partial charge is 0.0364 e. The molecule has 2 nitrogen and oxygen atoms in total. The molecule has 0 aliphatic carbocycles. The molecule has 1 rings (SSSR count). The van der Waals surface area contributed by atoms with Gasteiger partial charge in [0.1, 0.15) is 0 Å². The van der Waals surface area contributed by atoms with Crippen LogP contribution in [0.15, 0.2) is 24.3 Å². The molecule has 0 atom stereocenters. The highest BCUT2D eigenvalue weighted by Crippen LogP contribution is 2.13. The van der Waals surface area contributed by atoms with E-state index in [1.165, 1.54) is 11.3 Å². The van der Waals surface area contributed by atoms with E-state index < -0.39 is 0 Å². The number of nitrogens with zero attached hydrogens (tertiary/aromatic N) is 2. The van der Waals surface area contributed by atoms with Crippen molar-refractivity contribution in [2.75, 3.05) is 33.1 Å². The number of rotatable bonds is 3. The van der Waals surface area contributed by atoms with Crippen molar-refractivity contribution in [3.05, 3.63) is 29.8 Å². The quantitative estimate of drug-likeness (QED) is 0.696. The largest absolute Gasteiger partial charge is 0.378 e. The van der Waals surface area contributed by atoms with E-state index in [2.05, 4.69) is 62.3 Å². The molecule has 0 N–H and O–H groups in total. The highest BCUT2D eigenvalue weighted by molar-refractivity contribution is 5.47. The van der Waals surface area contributed by atoms with E-state index in [4.69, 9.17) is 0 Å². The lowest BCUT2D eigenvalue weighted by molar-refractivity contribution is 0.402. The van der Waals surface area contributed by atoms with Gasteiger partial charge in [0.2, 0.25) is 0 Å². The topological polar surface area (TPSA) is 6.48 Å². The Bertz CT molecular complexity index is 267. The van der Waals surface area contributed by atoms with E-state index in [0.717, 1.165) is 6.54 Å². The van der Waals surface area contributed by atoms with Crippen LogP contribution in [0.3, 0.4) is 0 Å². The fraction of sp³-hybridized carbons (Fsp3) is 0.455. The molecule has 0 radical (unpaired) electrons. The SMILES string of the molecule is CN(C)Cc1cccc(N(C)C)c1. The Morgan fingerprint density at radius 1 is 1.08 bits per heavy atom. The molecule has 0 spiro atoms. The minimum absolute atomic E-state index is 1.00. The molecule has 0 heterocycles. The van der Waals surface area contributed by atoms with Crippen LogP contribution in [0.25, 0.3) is 0 Å². The fourth-order valence-corrected chi connectivity index (χ4v) is 1.30. The zero-order valence-corrected chi connectivity index (χ0v) is 8.91. The number of hydrogen-bond acceptors (Lipinski definition) is 2. The molecule has 1 aromatic carbocycles. The van der Waals surface area contributed by atoms with Crippen LogP contribution in [0.5, 0.6) is 0 Å². The third kappa shape index (κ3) is 3.07. The predicted molar refractivity (Wildman–Crippen MR) is 58.2 cm³/mol. The predicted octanol–water partition coefficient (Wildman–Crippen LogP) is 1.81. The highest BCUT2D eigenvalue weighted by atomic mass is 15.1. The Morgan fingerprint density at radius 3 is 2.31 bits per heavy atom. The maximum Gasteiger partial charge on any atom is 0.0364 e. The number of hydrogen-bond donors (Lipinski definition) is 0. The average molecular weight is 178 g/mol.